The minimum absolute atomic E-state index is 0.0237. The number of carbonyl (C=O) groups is 1. The first kappa shape index (κ1) is 29.6. The number of halogens is 2. The van der Waals surface area contributed by atoms with Crippen molar-refractivity contribution >= 4 is 46.1 Å². The van der Waals surface area contributed by atoms with E-state index in [1.54, 1.807) is 0 Å². The van der Waals surface area contributed by atoms with Crippen molar-refractivity contribution in [1.82, 2.24) is 24.8 Å². The molecule has 12 heteroatoms. The molecule has 0 radical (unpaired) electrons. The molecule has 6 rings (SSSR count). The fourth-order valence-corrected chi connectivity index (χ4v) is 7.58. The predicted molar refractivity (Wildman–Crippen MR) is 167 cm³/mol. The second-order valence-corrected chi connectivity index (χ2v) is 12.7. The van der Waals surface area contributed by atoms with Crippen molar-refractivity contribution < 1.29 is 13.9 Å². The molecule has 2 saturated heterocycles. The molecule has 9 nitrogen and oxygen atoms in total. The lowest BCUT2D eigenvalue weighted by molar-refractivity contribution is -0.131. The second-order valence-electron chi connectivity index (χ2n) is 11.2. The number of thioether (sulfide) groups is 1. The van der Waals surface area contributed by atoms with Crippen molar-refractivity contribution in [3.05, 3.63) is 58.7 Å². The van der Waals surface area contributed by atoms with Crippen LogP contribution in [0.4, 0.5) is 10.2 Å². The summed E-state index contributed by atoms with van der Waals surface area (Å²) in [5.41, 5.74) is 3.40. The number of aromatic nitrogens is 3. The number of hydrogen-bond donors (Lipinski definition) is 0. The number of nitrogens with zero attached hydrogens (tertiary/aromatic N) is 7. The van der Waals surface area contributed by atoms with Gasteiger partial charge in [-0.05, 0) is 56.7 Å². The number of aryl methyl sites for hydroxylation is 1. The number of anilines is 1. The zero-order valence-corrected chi connectivity index (χ0v) is 25.6. The molecule has 5 heterocycles. The second kappa shape index (κ2) is 12.6. The average molecular weight is 622 g/mol. The molecule has 0 N–H and O–H groups in total. The molecule has 0 saturated carbocycles. The van der Waals surface area contributed by atoms with Gasteiger partial charge in [0.2, 0.25) is 6.54 Å². The Morgan fingerprint density at radius 2 is 2.09 bits per heavy atom. The maximum Gasteiger partial charge on any atom is 0.320 e. The number of likely N-dealkylation sites (N-methyl/N-ethyl adjacent to an activating group) is 1. The fraction of sp³-hybridized carbons (Fsp3) is 0.452. The van der Waals surface area contributed by atoms with Crippen LogP contribution in [-0.2, 0) is 11.2 Å². The van der Waals surface area contributed by atoms with Gasteiger partial charge in [0, 0.05) is 36.1 Å². The highest BCUT2D eigenvalue weighted by Gasteiger charge is 2.35. The highest BCUT2D eigenvalue weighted by molar-refractivity contribution is 7.99. The third-order valence-electron chi connectivity index (χ3n) is 8.44. The Kier molecular flexibility index (Phi) is 8.71. The largest absolute Gasteiger partial charge is 0.462 e. The van der Waals surface area contributed by atoms with Gasteiger partial charge >= 0.3 is 6.01 Å². The maximum absolute atomic E-state index is 13.8. The molecule has 2 aromatic heterocycles. The highest BCUT2D eigenvalue weighted by atomic mass is 35.5. The van der Waals surface area contributed by atoms with Crippen LogP contribution in [0.2, 0.25) is 5.02 Å². The van der Waals surface area contributed by atoms with Gasteiger partial charge in [0.15, 0.2) is 11.5 Å². The number of amides is 1. The first-order valence-electron chi connectivity index (χ1n) is 14.5. The van der Waals surface area contributed by atoms with E-state index in [0.29, 0.717) is 40.7 Å². The van der Waals surface area contributed by atoms with Crippen LogP contribution in [0, 0.1) is 6.57 Å². The summed E-state index contributed by atoms with van der Waals surface area (Å²) in [7, 11) is 2.09. The zero-order valence-electron chi connectivity index (χ0n) is 24.1. The summed E-state index contributed by atoms with van der Waals surface area (Å²) in [6.45, 7) is 13.0. The Bertz CT molecular complexity index is 1620. The quantitative estimate of drug-likeness (QED) is 0.261. The van der Waals surface area contributed by atoms with Crippen molar-refractivity contribution in [1.29, 1.82) is 0 Å². The summed E-state index contributed by atoms with van der Waals surface area (Å²) in [6, 6.07) is 8.06. The Labute approximate surface area is 259 Å². The molecule has 1 aromatic carbocycles. The number of pyridine rings is 1. The zero-order chi connectivity index (χ0) is 30.1. The number of carbonyl (C=O) groups excluding carboxylic acids is 1. The number of ether oxygens (including phenoxy) is 1. The van der Waals surface area contributed by atoms with Crippen LogP contribution in [0.25, 0.3) is 27.1 Å². The number of fused-ring (bicyclic) bond motifs is 2. The topological polar surface area (TPSA) is 79.1 Å². The Hall–Kier alpha value is -3.46. The summed E-state index contributed by atoms with van der Waals surface area (Å²) in [5.74, 6) is -0.214. The molecule has 0 spiro atoms. The third kappa shape index (κ3) is 6.01. The van der Waals surface area contributed by atoms with Crippen LogP contribution in [0.3, 0.4) is 0 Å². The lowest BCUT2D eigenvalue weighted by atomic mass is 10.0. The molecule has 0 aliphatic carbocycles. The van der Waals surface area contributed by atoms with Crippen LogP contribution in [0.5, 0.6) is 6.01 Å². The van der Waals surface area contributed by atoms with Crippen LogP contribution in [-0.4, -0.2) is 94.9 Å². The van der Waals surface area contributed by atoms with Gasteiger partial charge in [0.1, 0.15) is 18.5 Å². The molecular weight excluding hydrogens is 589 g/mol. The van der Waals surface area contributed by atoms with E-state index in [2.05, 4.69) is 35.5 Å². The van der Waals surface area contributed by atoms with E-state index in [9.17, 15) is 9.18 Å². The van der Waals surface area contributed by atoms with Crippen molar-refractivity contribution in [3.8, 4) is 17.3 Å². The van der Waals surface area contributed by atoms with E-state index in [-0.39, 0.29) is 31.7 Å². The lowest BCUT2D eigenvalue weighted by Crippen LogP contribution is -2.56. The molecule has 0 bridgehead atoms. The molecule has 3 aliphatic rings. The number of likely N-dealkylation sites (tertiary alicyclic amines) is 1. The maximum atomic E-state index is 13.8. The van der Waals surface area contributed by atoms with Gasteiger partial charge in [-0.2, -0.15) is 9.97 Å². The van der Waals surface area contributed by atoms with Crippen molar-refractivity contribution in [2.24, 2.45) is 0 Å². The monoisotopic (exact) mass is 621 g/mol. The number of rotatable bonds is 7. The van der Waals surface area contributed by atoms with Gasteiger partial charge < -0.3 is 24.3 Å². The first-order chi connectivity index (χ1) is 20.8. The molecule has 3 aromatic rings. The van der Waals surface area contributed by atoms with E-state index in [1.807, 2.05) is 28.8 Å². The summed E-state index contributed by atoms with van der Waals surface area (Å²) in [5, 5.41) is 1.13. The predicted octanol–water partition coefficient (Wildman–Crippen LogP) is 5.28. The van der Waals surface area contributed by atoms with E-state index < -0.39 is 17.8 Å². The Balaban J connectivity index is 1.41. The van der Waals surface area contributed by atoms with Gasteiger partial charge in [0.05, 0.1) is 16.1 Å². The standard InChI is InChI=1S/C31H33ClFN7O2S/c1-19(33)30(41)40-13-12-39(17-22(40)16-34-2)29-24-15-25(32)26(23-10-4-7-20-8-6-14-43-27(20)23)35-28(24)36-31(37-29)42-18-21-9-5-11-38(21)3/h4,7,10,15,21-22H,1,5-6,8-9,11-14,16-18H2,3H3/t21-,22-/m0/s1. The third-order valence-corrected chi connectivity index (χ3v) is 9.99. The fourth-order valence-electron chi connectivity index (χ4n) is 6.16. The minimum Gasteiger partial charge on any atom is -0.462 e. The molecule has 3 aliphatic heterocycles. The molecule has 224 valence electrons. The summed E-state index contributed by atoms with van der Waals surface area (Å²) < 4.78 is 20.0. The first-order valence-corrected chi connectivity index (χ1v) is 15.9. The summed E-state index contributed by atoms with van der Waals surface area (Å²) >= 11 is 8.77. The van der Waals surface area contributed by atoms with Crippen molar-refractivity contribution in [2.45, 2.75) is 42.7 Å². The molecular formula is C31H33ClFN7O2S. The molecule has 2 atom stereocenters. The van der Waals surface area contributed by atoms with Gasteiger partial charge in [0.25, 0.3) is 5.91 Å². The minimum atomic E-state index is -1.03. The summed E-state index contributed by atoms with van der Waals surface area (Å²) in [4.78, 5) is 37.4. The van der Waals surface area contributed by atoms with Gasteiger partial charge in [-0.25, -0.2) is 15.9 Å². The van der Waals surface area contributed by atoms with E-state index >= 15 is 0 Å². The van der Waals surface area contributed by atoms with Crippen LogP contribution in [0.15, 0.2) is 41.6 Å². The average Bonchev–Trinajstić information content (AvgIpc) is 3.43. The molecule has 0 unspecified atom stereocenters. The van der Waals surface area contributed by atoms with Crippen LogP contribution < -0.4 is 9.64 Å². The lowest BCUT2D eigenvalue weighted by Gasteiger charge is -2.39. The number of piperazine rings is 1. The highest BCUT2D eigenvalue weighted by Crippen LogP contribution is 2.41. The Morgan fingerprint density at radius 3 is 2.86 bits per heavy atom. The molecule has 43 heavy (non-hydrogen) atoms. The van der Waals surface area contributed by atoms with E-state index in [0.717, 1.165) is 43.5 Å². The van der Waals surface area contributed by atoms with E-state index in [4.69, 9.17) is 37.9 Å². The van der Waals surface area contributed by atoms with Crippen LogP contribution >= 0.6 is 23.4 Å². The van der Waals surface area contributed by atoms with Gasteiger partial charge in [-0.15, -0.1) is 11.8 Å². The number of hydrogen-bond acceptors (Lipinski definition) is 8. The molecule has 2 fully saturated rings. The Morgan fingerprint density at radius 1 is 1.23 bits per heavy atom. The smallest absolute Gasteiger partial charge is 0.320 e. The van der Waals surface area contributed by atoms with Gasteiger partial charge in [-0.1, -0.05) is 36.4 Å². The molecule has 1 amide bonds. The van der Waals surface area contributed by atoms with Crippen LogP contribution in [0.1, 0.15) is 24.8 Å². The van der Waals surface area contributed by atoms with E-state index in [1.165, 1.54) is 15.4 Å². The summed E-state index contributed by atoms with van der Waals surface area (Å²) in [6.07, 6.45) is 4.32. The number of benzene rings is 1. The normalized spacial score (nSPS) is 20.6. The van der Waals surface area contributed by atoms with Gasteiger partial charge in [-0.3, -0.25) is 4.79 Å². The SMILES string of the molecule is [C-]#[N+]C[C@H]1CN(c2nc(OC[C@@H]3CCCN3C)nc3nc(-c4cccc5c4SCCC5)c(Cl)cc23)CCN1C(=O)C(=C)F. The van der Waals surface area contributed by atoms with Crippen molar-refractivity contribution in [2.75, 3.05) is 57.0 Å². The van der Waals surface area contributed by atoms with Crippen molar-refractivity contribution in [3.63, 3.8) is 0 Å².